The predicted molar refractivity (Wildman–Crippen MR) is 111 cm³/mol. The molecule has 1 aliphatic heterocycles. The predicted octanol–water partition coefficient (Wildman–Crippen LogP) is 3.71. The van der Waals surface area contributed by atoms with E-state index < -0.39 is 0 Å². The largest absolute Gasteiger partial charge is 0.494 e. The lowest BCUT2D eigenvalue weighted by Gasteiger charge is -2.36. The summed E-state index contributed by atoms with van der Waals surface area (Å²) in [7, 11) is 0. The first-order valence-corrected chi connectivity index (χ1v) is 9.93. The Hall–Kier alpha value is -2.82. The zero-order valence-electron chi connectivity index (χ0n) is 16.7. The van der Waals surface area contributed by atoms with Crippen molar-refractivity contribution in [3.63, 3.8) is 0 Å². The molecule has 1 heterocycles. The Morgan fingerprint density at radius 2 is 1.61 bits per heavy atom. The SMILES string of the molecule is CCOc1ccc(C(=O)CCC(=O)N2CCN(c3ccccc3C)CC2)cc1. The Labute approximate surface area is 166 Å². The third-order valence-corrected chi connectivity index (χ3v) is 5.14. The van der Waals surface area contributed by atoms with Gasteiger partial charge in [-0.15, -0.1) is 0 Å². The van der Waals surface area contributed by atoms with Gasteiger partial charge in [0.15, 0.2) is 5.78 Å². The normalized spacial score (nSPS) is 14.1. The maximum Gasteiger partial charge on any atom is 0.223 e. The third kappa shape index (κ3) is 4.91. The van der Waals surface area contributed by atoms with E-state index in [0.717, 1.165) is 18.8 Å². The van der Waals surface area contributed by atoms with Crippen LogP contribution in [-0.2, 0) is 4.79 Å². The van der Waals surface area contributed by atoms with Gasteiger partial charge in [0.1, 0.15) is 5.75 Å². The molecule has 3 rings (SSSR count). The summed E-state index contributed by atoms with van der Waals surface area (Å²) in [5, 5.41) is 0. The Balaban J connectivity index is 1.46. The lowest BCUT2D eigenvalue weighted by molar-refractivity contribution is -0.131. The molecule has 148 valence electrons. The second-order valence-electron chi connectivity index (χ2n) is 7.03. The topological polar surface area (TPSA) is 49.9 Å². The van der Waals surface area contributed by atoms with Crippen LogP contribution in [0, 0.1) is 6.92 Å². The number of Topliss-reactive ketones (excluding diaryl/α,β-unsaturated/α-hetero) is 1. The molecule has 0 atom stereocenters. The van der Waals surface area contributed by atoms with Gasteiger partial charge in [-0.05, 0) is 49.7 Å². The van der Waals surface area contributed by atoms with Crippen LogP contribution in [-0.4, -0.2) is 49.4 Å². The highest BCUT2D eigenvalue weighted by Crippen LogP contribution is 2.21. The Morgan fingerprint density at radius 1 is 0.929 bits per heavy atom. The van der Waals surface area contributed by atoms with Crippen molar-refractivity contribution < 1.29 is 14.3 Å². The molecule has 1 fully saturated rings. The molecular formula is C23H28N2O3. The number of nitrogens with zero attached hydrogens (tertiary/aromatic N) is 2. The number of carbonyl (C=O) groups is 2. The Morgan fingerprint density at radius 3 is 2.25 bits per heavy atom. The smallest absolute Gasteiger partial charge is 0.223 e. The van der Waals surface area contributed by atoms with Gasteiger partial charge in [-0.1, -0.05) is 18.2 Å². The number of carbonyl (C=O) groups excluding carboxylic acids is 2. The molecule has 0 spiro atoms. The monoisotopic (exact) mass is 380 g/mol. The summed E-state index contributed by atoms with van der Waals surface area (Å²) in [6, 6.07) is 15.4. The molecule has 5 nitrogen and oxygen atoms in total. The van der Waals surface area contributed by atoms with E-state index in [4.69, 9.17) is 4.74 Å². The number of benzene rings is 2. The maximum atomic E-state index is 12.5. The molecule has 0 aromatic heterocycles. The van der Waals surface area contributed by atoms with Gasteiger partial charge >= 0.3 is 0 Å². The quantitative estimate of drug-likeness (QED) is 0.687. The molecule has 0 N–H and O–H groups in total. The highest BCUT2D eigenvalue weighted by atomic mass is 16.5. The molecule has 0 radical (unpaired) electrons. The highest BCUT2D eigenvalue weighted by Gasteiger charge is 2.22. The highest BCUT2D eigenvalue weighted by molar-refractivity contribution is 5.98. The molecule has 5 heteroatoms. The van der Waals surface area contributed by atoms with Crippen molar-refractivity contribution >= 4 is 17.4 Å². The van der Waals surface area contributed by atoms with E-state index in [-0.39, 0.29) is 24.5 Å². The zero-order valence-corrected chi connectivity index (χ0v) is 16.7. The number of piperazine rings is 1. The van der Waals surface area contributed by atoms with Crippen molar-refractivity contribution in [1.29, 1.82) is 0 Å². The Kier molecular flexibility index (Phi) is 6.69. The minimum absolute atomic E-state index is 0.00468. The van der Waals surface area contributed by atoms with Crippen molar-refractivity contribution in [1.82, 2.24) is 4.90 Å². The van der Waals surface area contributed by atoms with E-state index >= 15 is 0 Å². The van der Waals surface area contributed by atoms with Crippen LogP contribution in [0.3, 0.4) is 0 Å². The van der Waals surface area contributed by atoms with E-state index in [9.17, 15) is 9.59 Å². The lowest BCUT2D eigenvalue weighted by atomic mass is 10.1. The van der Waals surface area contributed by atoms with Crippen LogP contribution in [0.4, 0.5) is 5.69 Å². The summed E-state index contributed by atoms with van der Waals surface area (Å²) in [5.41, 5.74) is 3.11. The minimum Gasteiger partial charge on any atom is -0.494 e. The van der Waals surface area contributed by atoms with Crippen LogP contribution < -0.4 is 9.64 Å². The third-order valence-electron chi connectivity index (χ3n) is 5.14. The minimum atomic E-state index is -0.00468. The summed E-state index contributed by atoms with van der Waals surface area (Å²) < 4.78 is 5.39. The molecule has 28 heavy (non-hydrogen) atoms. The number of anilines is 1. The first-order valence-electron chi connectivity index (χ1n) is 9.93. The maximum absolute atomic E-state index is 12.5. The molecule has 0 unspecified atom stereocenters. The van der Waals surface area contributed by atoms with Gasteiger partial charge in [0.05, 0.1) is 6.61 Å². The molecule has 2 aromatic rings. The number of rotatable bonds is 7. The van der Waals surface area contributed by atoms with Gasteiger partial charge in [-0.25, -0.2) is 0 Å². The van der Waals surface area contributed by atoms with Crippen LogP contribution in [0.2, 0.25) is 0 Å². The number of amides is 1. The standard InChI is InChI=1S/C23H28N2O3/c1-3-28-20-10-8-19(9-11-20)22(26)12-13-23(27)25-16-14-24(15-17-25)21-7-5-4-6-18(21)2/h4-11H,3,12-17H2,1-2H3. The summed E-state index contributed by atoms with van der Waals surface area (Å²) >= 11 is 0. The zero-order chi connectivity index (χ0) is 19.9. The van der Waals surface area contributed by atoms with Crippen LogP contribution in [0.15, 0.2) is 48.5 Å². The molecule has 2 aromatic carbocycles. The van der Waals surface area contributed by atoms with Gasteiger partial charge in [0, 0.05) is 50.3 Å². The molecule has 1 aliphatic rings. The van der Waals surface area contributed by atoms with Crippen LogP contribution in [0.5, 0.6) is 5.75 Å². The van der Waals surface area contributed by atoms with Gasteiger partial charge in [0.25, 0.3) is 0 Å². The van der Waals surface area contributed by atoms with E-state index in [1.165, 1.54) is 11.3 Å². The second kappa shape index (κ2) is 9.40. The van der Waals surface area contributed by atoms with Gasteiger partial charge in [-0.2, -0.15) is 0 Å². The van der Waals surface area contributed by atoms with Crippen molar-refractivity contribution in [2.24, 2.45) is 0 Å². The number of hydrogen-bond donors (Lipinski definition) is 0. The molecular weight excluding hydrogens is 352 g/mol. The fourth-order valence-corrected chi connectivity index (χ4v) is 3.54. The molecule has 0 saturated carbocycles. The molecule has 1 saturated heterocycles. The van der Waals surface area contributed by atoms with E-state index in [1.54, 1.807) is 24.3 Å². The number of hydrogen-bond acceptors (Lipinski definition) is 4. The number of ether oxygens (including phenoxy) is 1. The first-order chi connectivity index (χ1) is 13.6. The van der Waals surface area contributed by atoms with Crippen molar-refractivity contribution in [3.05, 3.63) is 59.7 Å². The number of para-hydroxylation sites is 1. The van der Waals surface area contributed by atoms with Crippen LogP contribution in [0.25, 0.3) is 0 Å². The fourth-order valence-electron chi connectivity index (χ4n) is 3.54. The van der Waals surface area contributed by atoms with Crippen molar-refractivity contribution in [2.45, 2.75) is 26.7 Å². The van der Waals surface area contributed by atoms with Gasteiger partial charge in [-0.3, -0.25) is 9.59 Å². The van der Waals surface area contributed by atoms with Gasteiger partial charge in [0.2, 0.25) is 5.91 Å². The summed E-state index contributed by atoms with van der Waals surface area (Å²) in [5.74, 6) is 0.806. The van der Waals surface area contributed by atoms with Crippen molar-refractivity contribution in [3.8, 4) is 5.75 Å². The van der Waals surface area contributed by atoms with Crippen LogP contribution >= 0.6 is 0 Å². The van der Waals surface area contributed by atoms with E-state index in [1.807, 2.05) is 24.0 Å². The molecule has 0 bridgehead atoms. The van der Waals surface area contributed by atoms with Gasteiger partial charge < -0.3 is 14.5 Å². The van der Waals surface area contributed by atoms with E-state index in [0.29, 0.717) is 25.3 Å². The summed E-state index contributed by atoms with van der Waals surface area (Å²) in [4.78, 5) is 29.1. The van der Waals surface area contributed by atoms with Crippen LogP contribution in [0.1, 0.15) is 35.7 Å². The second-order valence-corrected chi connectivity index (χ2v) is 7.03. The molecule has 1 amide bonds. The fraction of sp³-hybridized carbons (Fsp3) is 0.391. The summed E-state index contributed by atoms with van der Waals surface area (Å²) in [6.45, 7) is 7.67. The number of aryl methyl sites for hydroxylation is 1. The Bertz CT molecular complexity index is 809. The summed E-state index contributed by atoms with van der Waals surface area (Å²) in [6.07, 6.45) is 0.501. The molecule has 0 aliphatic carbocycles. The average Bonchev–Trinajstić information content (AvgIpc) is 2.73. The average molecular weight is 380 g/mol. The van der Waals surface area contributed by atoms with E-state index in [2.05, 4.69) is 24.0 Å². The number of ketones is 1. The lowest BCUT2D eigenvalue weighted by Crippen LogP contribution is -2.49. The van der Waals surface area contributed by atoms with Crippen molar-refractivity contribution in [2.75, 3.05) is 37.7 Å². The first kappa shape index (κ1) is 19.9.